The second-order valence-corrected chi connectivity index (χ2v) is 4.74. The summed E-state index contributed by atoms with van der Waals surface area (Å²) < 4.78 is 6.36. The lowest BCUT2D eigenvalue weighted by molar-refractivity contribution is 0.0600. The van der Waals surface area contributed by atoms with Crippen LogP contribution in [0.5, 0.6) is 0 Å². The Morgan fingerprint density at radius 1 is 1.30 bits per heavy atom. The average Bonchev–Trinajstić information content (AvgIpc) is 2.84. The third-order valence-electron chi connectivity index (χ3n) is 2.91. The third kappa shape index (κ3) is 3.64. The fraction of sp³-hybridized carbons (Fsp3) is 0.357. The van der Waals surface area contributed by atoms with E-state index in [2.05, 4.69) is 19.9 Å². The first-order valence-electron chi connectivity index (χ1n) is 6.29. The van der Waals surface area contributed by atoms with Crippen LogP contribution in [0.2, 0.25) is 0 Å². The third-order valence-corrected chi connectivity index (χ3v) is 2.91. The number of hydrogen-bond acceptors (Lipinski definition) is 5. The number of ether oxygens (including phenoxy) is 1. The van der Waals surface area contributed by atoms with Gasteiger partial charge in [0.25, 0.3) is 0 Å². The maximum atomic E-state index is 11.3. The second-order valence-electron chi connectivity index (χ2n) is 4.74. The summed E-state index contributed by atoms with van der Waals surface area (Å²) in [6.45, 7) is 1.50. The fourth-order valence-corrected chi connectivity index (χ4v) is 1.98. The Hall–Kier alpha value is -2.21. The zero-order valence-electron chi connectivity index (χ0n) is 11.9. The Kier molecular flexibility index (Phi) is 4.47. The molecule has 0 amide bonds. The Balaban J connectivity index is 1.94. The van der Waals surface area contributed by atoms with Gasteiger partial charge in [0, 0.05) is 26.3 Å². The summed E-state index contributed by atoms with van der Waals surface area (Å²) in [5.41, 5.74) is 2.62. The molecule has 1 heterocycles. The van der Waals surface area contributed by atoms with Crippen molar-refractivity contribution in [3.05, 3.63) is 47.3 Å². The molecule has 0 N–H and O–H groups in total. The number of rotatable bonds is 5. The van der Waals surface area contributed by atoms with E-state index in [-0.39, 0.29) is 5.97 Å². The van der Waals surface area contributed by atoms with E-state index in [1.807, 2.05) is 32.4 Å². The Labute approximate surface area is 118 Å². The number of carbonyl (C=O) groups is 1. The van der Waals surface area contributed by atoms with Crippen LogP contribution in [-0.4, -0.2) is 40.0 Å². The first-order valence-corrected chi connectivity index (χ1v) is 6.29. The molecule has 106 valence electrons. The molecule has 0 radical (unpaired) electrons. The molecule has 0 bridgehead atoms. The van der Waals surface area contributed by atoms with Gasteiger partial charge in [-0.25, -0.2) is 4.79 Å². The van der Waals surface area contributed by atoms with Gasteiger partial charge in [0.1, 0.15) is 0 Å². The number of methoxy groups -OCH3 is 1. The molecule has 0 aliphatic heterocycles. The van der Waals surface area contributed by atoms with E-state index in [1.165, 1.54) is 7.11 Å². The maximum Gasteiger partial charge on any atom is 0.337 e. The van der Waals surface area contributed by atoms with Gasteiger partial charge in [-0.15, -0.1) is 5.10 Å². The second kappa shape index (κ2) is 6.29. The van der Waals surface area contributed by atoms with Crippen LogP contribution in [0.25, 0.3) is 0 Å². The number of aryl methyl sites for hydroxylation is 1. The maximum absolute atomic E-state index is 11.3. The molecule has 0 atom stereocenters. The Morgan fingerprint density at radius 3 is 2.55 bits per heavy atom. The minimum absolute atomic E-state index is 0.315. The van der Waals surface area contributed by atoms with Crippen LogP contribution in [-0.2, 0) is 24.9 Å². The van der Waals surface area contributed by atoms with Crippen molar-refractivity contribution in [2.75, 3.05) is 14.2 Å². The molecular formula is C14H18N4O2. The normalized spacial score (nSPS) is 10.8. The number of carbonyl (C=O) groups excluding carboxylic acids is 1. The zero-order valence-corrected chi connectivity index (χ0v) is 11.9. The van der Waals surface area contributed by atoms with Crippen molar-refractivity contribution in [2.24, 2.45) is 7.05 Å². The van der Waals surface area contributed by atoms with E-state index < -0.39 is 0 Å². The van der Waals surface area contributed by atoms with Crippen LogP contribution in [0.3, 0.4) is 0 Å². The van der Waals surface area contributed by atoms with E-state index in [0.717, 1.165) is 24.3 Å². The van der Waals surface area contributed by atoms with Crippen molar-refractivity contribution in [2.45, 2.75) is 13.1 Å². The van der Waals surface area contributed by atoms with Gasteiger partial charge in [-0.05, 0) is 24.7 Å². The minimum atomic E-state index is -0.315. The van der Waals surface area contributed by atoms with E-state index in [9.17, 15) is 4.79 Å². The zero-order chi connectivity index (χ0) is 14.5. The van der Waals surface area contributed by atoms with Gasteiger partial charge in [-0.1, -0.05) is 17.3 Å². The molecular weight excluding hydrogens is 256 g/mol. The number of aromatic nitrogens is 3. The van der Waals surface area contributed by atoms with Crippen LogP contribution in [0.15, 0.2) is 30.5 Å². The minimum Gasteiger partial charge on any atom is -0.465 e. The van der Waals surface area contributed by atoms with Crippen molar-refractivity contribution in [3.8, 4) is 0 Å². The molecule has 2 aromatic rings. The van der Waals surface area contributed by atoms with Gasteiger partial charge in [0.05, 0.1) is 18.4 Å². The van der Waals surface area contributed by atoms with Crippen molar-refractivity contribution in [3.63, 3.8) is 0 Å². The number of esters is 1. The van der Waals surface area contributed by atoms with Gasteiger partial charge < -0.3 is 4.74 Å². The quantitative estimate of drug-likeness (QED) is 0.768. The van der Waals surface area contributed by atoms with E-state index in [0.29, 0.717) is 5.56 Å². The van der Waals surface area contributed by atoms with Crippen LogP contribution in [0, 0.1) is 0 Å². The van der Waals surface area contributed by atoms with Gasteiger partial charge in [-0.2, -0.15) is 0 Å². The summed E-state index contributed by atoms with van der Waals surface area (Å²) in [5.74, 6) is -0.315. The van der Waals surface area contributed by atoms with Crippen molar-refractivity contribution >= 4 is 5.97 Å². The molecule has 6 nitrogen and oxygen atoms in total. The lowest BCUT2D eigenvalue weighted by Gasteiger charge is -2.15. The Morgan fingerprint density at radius 2 is 2.00 bits per heavy atom. The van der Waals surface area contributed by atoms with E-state index >= 15 is 0 Å². The molecule has 1 aromatic carbocycles. The van der Waals surface area contributed by atoms with E-state index in [4.69, 9.17) is 0 Å². The molecule has 20 heavy (non-hydrogen) atoms. The molecule has 0 unspecified atom stereocenters. The highest BCUT2D eigenvalue weighted by atomic mass is 16.5. The SMILES string of the molecule is COC(=O)c1ccc(CN(C)Cc2cn(C)nn2)cc1. The topological polar surface area (TPSA) is 60.2 Å². The van der Waals surface area contributed by atoms with Crippen LogP contribution >= 0.6 is 0 Å². The predicted octanol–water partition coefficient (Wildman–Crippen LogP) is 1.23. The smallest absolute Gasteiger partial charge is 0.337 e. The van der Waals surface area contributed by atoms with Crippen molar-refractivity contribution in [1.82, 2.24) is 19.9 Å². The molecule has 1 aromatic heterocycles. The summed E-state index contributed by atoms with van der Waals surface area (Å²) in [4.78, 5) is 13.5. The fourth-order valence-electron chi connectivity index (χ4n) is 1.98. The molecule has 0 spiro atoms. The van der Waals surface area contributed by atoms with Gasteiger partial charge in [0.2, 0.25) is 0 Å². The predicted molar refractivity (Wildman–Crippen MR) is 74.0 cm³/mol. The van der Waals surface area contributed by atoms with Crippen LogP contribution < -0.4 is 0 Å². The first-order chi connectivity index (χ1) is 9.58. The van der Waals surface area contributed by atoms with Crippen LogP contribution in [0.4, 0.5) is 0 Å². The summed E-state index contributed by atoms with van der Waals surface area (Å²) in [6.07, 6.45) is 1.90. The standard InChI is InChI=1S/C14H18N4O2/c1-17(9-13-10-18(2)16-15-13)8-11-4-6-12(7-5-11)14(19)20-3/h4-7,10H,8-9H2,1-3H3. The molecule has 0 saturated heterocycles. The monoisotopic (exact) mass is 274 g/mol. The lowest BCUT2D eigenvalue weighted by atomic mass is 10.1. The Bertz CT molecular complexity index is 577. The molecule has 0 saturated carbocycles. The van der Waals surface area contributed by atoms with Gasteiger partial charge in [0.15, 0.2) is 0 Å². The highest BCUT2D eigenvalue weighted by Crippen LogP contribution is 2.09. The summed E-state index contributed by atoms with van der Waals surface area (Å²) in [5, 5.41) is 7.96. The average molecular weight is 274 g/mol. The van der Waals surface area contributed by atoms with Crippen LogP contribution in [0.1, 0.15) is 21.6 Å². The van der Waals surface area contributed by atoms with Crippen molar-refractivity contribution < 1.29 is 9.53 Å². The van der Waals surface area contributed by atoms with Crippen molar-refractivity contribution in [1.29, 1.82) is 0 Å². The largest absolute Gasteiger partial charge is 0.465 e. The summed E-state index contributed by atoms with van der Waals surface area (Å²) in [7, 11) is 5.25. The molecule has 6 heteroatoms. The number of benzene rings is 1. The van der Waals surface area contributed by atoms with E-state index in [1.54, 1.807) is 16.8 Å². The number of hydrogen-bond donors (Lipinski definition) is 0. The summed E-state index contributed by atoms with van der Waals surface area (Å²) in [6, 6.07) is 7.41. The molecule has 2 rings (SSSR count). The highest BCUT2D eigenvalue weighted by Gasteiger charge is 2.07. The first kappa shape index (κ1) is 14.2. The lowest BCUT2D eigenvalue weighted by Crippen LogP contribution is -2.17. The number of nitrogens with zero attached hydrogens (tertiary/aromatic N) is 4. The summed E-state index contributed by atoms with van der Waals surface area (Å²) >= 11 is 0. The molecule has 0 aliphatic carbocycles. The molecule has 0 fully saturated rings. The van der Waals surface area contributed by atoms with Gasteiger partial charge >= 0.3 is 5.97 Å². The molecule has 0 aliphatic rings. The van der Waals surface area contributed by atoms with Gasteiger partial charge in [-0.3, -0.25) is 9.58 Å². The highest BCUT2D eigenvalue weighted by molar-refractivity contribution is 5.89.